The highest BCUT2D eigenvalue weighted by Gasteiger charge is 2.03. The molecule has 1 unspecified atom stereocenters. The summed E-state index contributed by atoms with van der Waals surface area (Å²) in [4.78, 5) is 0. The molecule has 1 atom stereocenters. The Hall–Kier alpha value is -1.24. The second-order valence-corrected chi connectivity index (χ2v) is 3.56. The lowest BCUT2D eigenvalue weighted by molar-refractivity contribution is 0.655. The van der Waals surface area contributed by atoms with Crippen LogP contribution in [-0.4, -0.2) is 0 Å². The molecule has 70 valence electrons. The molecule has 1 heteroatoms. The van der Waals surface area contributed by atoms with E-state index < -0.39 is 0 Å². The molecule has 1 aromatic carbocycles. The van der Waals surface area contributed by atoms with Crippen molar-refractivity contribution in [1.29, 1.82) is 0 Å². The Kier molecular flexibility index (Phi) is 3.13. The number of hydrogen-bond donors (Lipinski definition) is 1. The maximum Gasteiger partial charge on any atom is 0.0482 e. The van der Waals surface area contributed by atoms with Gasteiger partial charge in [0, 0.05) is 11.7 Å². The van der Waals surface area contributed by atoms with Crippen LogP contribution in [0.3, 0.4) is 0 Å². The van der Waals surface area contributed by atoms with E-state index in [0.717, 1.165) is 5.70 Å². The van der Waals surface area contributed by atoms with Crippen LogP contribution in [0.15, 0.2) is 36.5 Å². The SMILES string of the molecule is C=C(C)NC(C)c1cccc(C)c1. The van der Waals surface area contributed by atoms with Crippen molar-refractivity contribution in [2.75, 3.05) is 0 Å². The molecule has 0 bridgehead atoms. The third kappa shape index (κ3) is 2.94. The summed E-state index contributed by atoms with van der Waals surface area (Å²) < 4.78 is 0. The minimum atomic E-state index is 0.345. The predicted octanol–water partition coefficient (Wildman–Crippen LogP) is 3.18. The van der Waals surface area contributed by atoms with Gasteiger partial charge in [-0.15, -0.1) is 0 Å². The molecule has 0 fully saturated rings. The Balaban J connectivity index is 2.76. The molecule has 1 nitrogen and oxygen atoms in total. The van der Waals surface area contributed by atoms with E-state index in [9.17, 15) is 0 Å². The molecule has 0 heterocycles. The van der Waals surface area contributed by atoms with Gasteiger partial charge < -0.3 is 5.32 Å². The molecular weight excluding hydrogens is 158 g/mol. The van der Waals surface area contributed by atoms with E-state index in [1.165, 1.54) is 11.1 Å². The summed E-state index contributed by atoms with van der Waals surface area (Å²) in [6.45, 7) is 10.1. The van der Waals surface area contributed by atoms with Gasteiger partial charge in [-0.3, -0.25) is 0 Å². The molecule has 0 aliphatic rings. The van der Waals surface area contributed by atoms with Crippen LogP contribution in [0.2, 0.25) is 0 Å². The first-order valence-corrected chi connectivity index (χ1v) is 4.58. The summed E-state index contributed by atoms with van der Waals surface area (Å²) in [6, 6.07) is 8.87. The average Bonchev–Trinajstić information content (AvgIpc) is 2.03. The van der Waals surface area contributed by atoms with Crippen molar-refractivity contribution in [3.05, 3.63) is 47.7 Å². The van der Waals surface area contributed by atoms with Crippen LogP contribution < -0.4 is 5.32 Å². The molecule has 0 aromatic heterocycles. The van der Waals surface area contributed by atoms with Gasteiger partial charge >= 0.3 is 0 Å². The fourth-order valence-corrected chi connectivity index (χ4v) is 1.39. The third-order valence-corrected chi connectivity index (χ3v) is 2.01. The summed E-state index contributed by atoms with van der Waals surface area (Å²) >= 11 is 0. The Bertz CT molecular complexity index is 302. The standard InChI is InChI=1S/C12H17N/c1-9(2)13-11(4)12-7-5-6-10(3)8-12/h5-8,11,13H,1H2,2-4H3. The van der Waals surface area contributed by atoms with Gasteiger partial charge in [-0.25, -0.2) is 0 Å². The molecule has 0 saturated heterocycles. The van der Waals surface area contributed by atoms with Crippen LogP contribution in [-0.2, 0) is 0 Å². The summed E-state index contributed by atoms with van der Waals surface area (Å²) in [5, 5.41) is 3.29. The average molecular weight is 175 g/mol. The largest absolute Gasteiger partial charge is 0.383 e. The first-order valence-electron chi connectivity index (χ1n) is 4.58. The van der Waals surface area contributed by atoms with Crippen LogP contribution in [0.4, 0.5) is 0 Å². The van der Waals surface area contributed by atoms with Crippen molar-refractivity contribution in [2.45, 2.75) is 26.8 Å². The number of allylic oxidation sites excluding steroid dienone is 1. The zero-order valence-corrected chi connectivity index (χ0v) is 8.59. The molecule has 0 radical (unpaired) electrons. The zero-order valence-electron chi connectivity index (χ0n) is 8.59. The maximum absolute atomic E-state index is 3.83. The first kappa shape index (κ1) is 9.85. The fraction of sp³-hybridized carbons (Fsp3) is 0.333. The lowest BCUT2D eigenvalue weighted by Gasteiger charge is -2.15. The van der Waals surface area contributed by atoms with Crippen LogP contribution in [0.1, 0.15) is 31.0 Å². The minimum Gasteiger partial charge on any atom is -0.383 e. The van der Waals surface area contributed by atoms with Crippen molar-refractivity contribution in [3.8, 4) is 0 Å². The number of nitrogens with one attached hydrogen (secondary N) is 1. The Morgan fingerprint density at radius 1 is 1.46 bits per heavy atom. The van der Waals surface area contributed by atoms with E-state index in [1.54, 1.807) is 0 Å². The molecule has 13 heavy (non-hydrogen) atoms. The minimum absolute atomic E-state index is 0.345. The highest BCUT2D eigenvalue weighted by molar-refractivity contribution is 5.25. The molecule has 0 aliphatic heterocycles. The summed E-state index contributed by atoms with van der Waals surface area (Å²) in [5.41, 5.74) is 3.62. The zero-order chi connectivity index (χ0) is 9.84. The highest BCUT2D eigenvalue weighted by atomic mass is 14.9. The maximum atomic E-state index is 3.83. The molecule has 1 rings (SSSR count). The van der Waals surface area contributed by atoms with Crippen molar-refractivity contribution in [1.82, 2.24) is 5.32 Å². The lowest BCUT2D eigenvalue weighted by Crippen LogP contribution is -2.15. The van der Waals surface area contributed by atoms with Crippen LogP contribution in [0.25, 0.3) is 0 Å². The third-order valence-electron chi connectivity index (χ3n) is 2.01. The number of aryl methyl sites for hydroxylation is 1. The van der Waals surface area contributed by atoms with Crippen LogP contribution >= 0.6 is 0 Å². The van der Waals surface area contributed by atoms with Crippen molar-refractivity contribution in [3.63, 3.8) is 0 Å². The molecule has 0 aliphatic carbocycles. The van der Waals surface area contributed by atoms with Gasteiger partial charge in [-0.05, 0) is 26.3 Å². The van der Waals surface area contributed by atoms with Gasteiger partial charge in [0.15, 0.2) is 0 Å². The van der Waals surface area contributed by atoms with Gasteiger partial charge in [0.2, 0.25) is 0 Å². The summed E-state index contributed by atoms with van der Waals surface area (Å²) in [6.07, 6.45) is 0. The second kappa shape index (κ2) is 4.13. The summed E-state index contributed by atoms with van der Waals surface area (Å²) in [5.74, 6) is 0. The second-order valence-electron chi connectivity index (χ2n) is 3.56. The van der Waals surface area contributed by atoms with Gasteiger partial charge in [0.25, 0.3) is 0 Å². The lowest BCUT2D eigenvalue weighted by atomic mass is 10.1. The quantitative estimate of drug-likeness (QED) is 0.744. The Morgan fingerprint density at radius 2 is 2.15 bits per heavy atom. The highest BCUT2D eigenvalue weighted by Crippen LogP contribution is 2.14. The topological polar surface area (TPSA) is 12.0 Å². The van der Waals surface area contributed by atoms with Gasteiger partial charge in [0.05, 0.1) is 0 Å². The molecule has 1 N–H and O–H groups in total. The van der Waals surface area contributed by atoms with E-state index in [4.69, 9.17) is 0 Å². The Morgan fingerprint density at radius 3 is 2.69 bits per heavy atom. The fourth-order valence-electron chi connectivity index (χ4n) is 1.39. The van der Waals surface area contributed by atoms with Gasteiger partial charge in [0.1, 0.15) is 0 Å². The first-order chi connectivity index (χ1) is 6.09. The van der Waals surface area contributed by atoms with E-state index in [0.29, 0.717) is 6.04 Å². The number of hydrogen-bond acceptors (Lipinski definition) is 1. The molecule has 0 saturated carbocycles. The summed E-state index contributed by atoms with van der Waals surface area (Å²) in [7, 11) is 0. The van der Waals surface area contributed by atoms with Gasteiger partial charge in [-0.1, -0.05) is 36.4 Å². The van der Waals surface area contributed by atoms with E-state index in [-0.39, 0.29) is 0 Å². The Labute approximate surface area is 80.5 Å². The van der Waals surface area contributed by atoms with E-state index in [1.807, 2.05) is 6.92 Å². The number of rotatable bonds is 3. The van der Waals surface area contributed by atoms with Crippen molar-refractivity contribution >= 4 is 0 Å². The monoisotopic (exact) mass is 175 g/mol. The van der Waals surface area contributed by atoms with Crippen LogP contribution in [0, 0.1) is 6.92 Å². The van der Waals surface area contributed by atoms with E-state index >= 15 is 0 Å². The molecule has 1 aromatic rings. The van der Waals surface area contributed by atoms with Crippen molar-refractivity contribution < 1.29 is 0 Å². The van der Waals surface area contributed by atoms with Gasteiger partial charge in [-0.2, -0.15) is 0 Å². The molecule has 0 spiro atoms. The smallest absolute Gasteiger partial charge is 0.0482 e. The number of benzene rings is 1. The van der Waals surface area contributed by atoms with Crippen molar-refractivity contribution in [2.24, 2.45) is 0 Å². The molecule has 0 amide bonds. The predicted molar refractivity (Wildman–Crippen MR) is 57.5 cm³/mol. The van der Waals surface area contributed by atoms with Crippen LogP contribution in [0.5, 0.6) is 0 Å². The van der Waals surface area contributed by atoms with E-state index in [2.05, 4.69) is 50.0 Å². The normalized spacial score (nSPS) is 12.2. The molecular formula is C12H17N.